The summed E-state index contributed by atoms with van der Waals surface area (Å²) in [7, 11) is 0. The van der Waals surface area contributed by atoms with Gasteiger partial charge < -0.3 is 4.90 Å². The minimum atomic E-state index is -0.539. The Hall–Kier alpha value is -7.00. The Bertz CT molecular complexity index is 2990. The fourth-order valence-corrected chi connectivity index (χ4v) is 10.4. The number of anilines is 3. The number of hydrogen-bond donors (Lipinski definition) is 0. The molecule has 0 unspecified atom stereocenters. The fraction of sp³-hybridized carbons (Fsp3) is 0.0182. The van der Waals surface area contributed by atoms with Gasteiger partial charge in [-0.25, -0.2) is 0 Å². The topological polar surface area (TPSA) is 3.24 Å². The molecule has 0 saturated heterocycles. The van der Waals surface area contributed by atoms with Gasteiger partial charge in [-0.1, -0.05) is 182 Å². The second-order valence-corrected chi connectivity index (χ2v) is 15.9. The van der Waals surface area contributed by atoms with Crippen LogP contribution in [0.15, 0.2) is 224 Å². The first-order valence-corrected chi connectivity index (χ1v) is 20.4. The first kappa shape index (κ1) is 33.3. The maximum atomic E-state index is 2.53. The Balaban J connectivity index is 1.31. The van der Waals surface area contributed by atoms with Crippen molar-refractivity contribution in [3.63, 3.8) is 0 Å². The van der Waals surface area contributed by atoms with E-state index in [0.717, 1.165) is 11.4 Å². The molecule has 57 heavy (non-hydrogen) atoms. The second kappa shape index (κ2) is 13.6. The molecule has 0 amide bonds. The maximum Gasteiger partial charge on any atom is 0.0714 e. The lowest BCUT2D eigenvalue weighted by Gasteiger charge is -2.35. The summed E-state index contributed by atoms with van der Waals surface area (Å²) >= 11 is 1.90. The summed E-state index contributed by atoms with van der Waals surface area (Å²) in [4.78, 5) is 2.53. The summed E-state index contributed by atoms with van der Waals surface area (Å²) in [6.45, 7) is 0. The zero-order valence-corrected chi connectivity index (χ0v) is 32.0. The summed E-state index contributed by atoms with van der Waals surface area (Å²) in [6.07, 6.45) is 0. The third-order valence-corrected chi connectivity index (χ3v) is 12.8. The first-order chi connectivity index (χ1) is 28.3. The molecule has 0 radical (unpaired) electrons. The van der Waals surface area contributed by atoms with Crippen LogP contribution in [0.2, 0.25) is 0 Å². The van der Waals surface area contributed by atoms with Crippen LogP contribution in [-0.4, -0.2) is 0 Å². The van der Waals surface area contributed by atoms with Gasteiger partial charge in [0.1, 0.15) is 0 Å². The average molecular weight is 744 g/mol. The Morgan fingerprint density at radius 2 is 0.860 bits per heavy atom. The quantitative estimate of drug-likeness (QED) is 0.157. The minimum absolute atomic E-state index is 0.539. The van der Waals surface area contributed by atoms with Crippen molar-refractivity contribution in [3.05, 3.63) is 247 Å². The molecule has 0 bridgehead atoms. The van der Waals surface area contributed by atoms with E-state index in [1.807, 2.05) is 11.3 Å². The Labute approximate surface area is 337 Å². The molecular weight excluding hydrogens is 707 g/mol. The number of hydrogen-bond acceptors (Lipinski definition) is 2. The molecule has 0 fully saturated rings. The summed E-state index contributed by atoms with van der Waals surface area (Å²) in [6, 6.07) is 82.5. The van der Waals surface area contributed by atoms with E-state index in [1.54, 1.807) is 0 Å². The van der Waals surface area contributed by atoms with Gasteiger partial charge in [0.25, 0.3) is 0 Å². The van der Waals surface area contributed by atoms with Gasteiger partial charge >= 0.3 is 0 Å². The van der Waals surface area contributed by atoms with Crippen molar-refractivity contribution in [1.82, 2.24) is 0 Å². The summed E-state index contributed by atoms with van der Waals surface area (Å²) in [5, 5.41) is 2.54. The van der Waals surface area contributed by atoms with Gasteiger partial charge in [0, 0.05) is 37.1 Å². The molecule has 0 saturated carbocycles. The molecule has 11 rings (SSSR count). The molecule has 0 aliphatic heterocycles. The van der Waals surface area contributed by atoms with Crippen LogP contribution in [0.4, 0.5) is 17.1 Å². The molecule has 1 nitrogen and oxygen atoms in total. The third-order valence-electron chi connectivity index (χ3n) is 11.7. The van der Waals surface area contributed by atoms with Crippen molar-refractivity contribution in [1.29, 1.82) is 0 Å². The molecule has 1 aliphatic carbocycles. The summed E-state index contributed by atoms with van der Waals surface area (Å²) < 4.78 is 2.55. The summed E-state index contributed by atoms with van der Waals surface area (Å²) in [5.74, 6) is 0. The van der Waals surface area contributed by atoms with Crippen molar-refractivity contribution in [2.75, 3.05) is 4.90 Å². The van der Waals surface area contributed by atoms with Crippen molar-refractivity contribution in [3.8, 4) is 33.4 Å². The smallest absolute Gasteiger partial charge is 0.0714 e. The largest absolute Gasteiger partial charge is 0.309 e. The SMILES string of the molecule is c1ccc(-c2ccc(N(c3ccccc3)c3c4c(cc5sc6ccc(-c7ccccc7)cc6c35)C(c3ccccc3)(c3ccccc3)c3ccccc3-4)cc2)cc1. The van der Waals surface area contributed by atoms with E-state index in [4.69, 9.17) is 0 Å². The predicted molar refractivity (Wildman–Crippen MR) is 242 cm³/mol. The van der Waals surface area contributed by atoms with Crippen LogP contribution < -0.4 is 4.90 Å². The molecule has 9 aromatic carbocycles. The minimum Gasteiger partial charge on any atom is -0.309 e. The van der Waals surface area contributed by atoms with Gasteiger partial charge in [-0.05, 0) is 92.5 Å². The highest BCUT2D eigenvalue weighted by atomic mass is 32.1. The van der Waals surface area contributed by atoms with E-state index in [0.29, 0.717) is 0 Å². The van der Waals surface area contributed by atoms with Gasteiger partial charge in [0.2, 0.25) is 0 Å². The van der Waals surface area contributed by atoms with Crippen molar-refractivity contribution >= 4 is 48.6 Å². The first-order valence-electron chi connectivity index (χ1n) is 19.6. The number of fused-ring (bicyclic) bond motifs is 6. The molecule has 0 N–H and O–H groups in total. The van der Waals surface area contributed by atoms with Gasteiger partial charge in [0.15, 0.2) is 0 Å². The maximum absolute atomic E-state index is 2.53. The average Bonchev–Trinajstić information content (AvgIpc) is 3.81. The van der Waals surface area contributed by atoms with Crippen LogP contribution in [-0.2, 0) is 5.41 Å². The Kier molecular flexibility index (Phi) is 7.98. The second-order valence-electron chi connectivity index (χ2n) is 14.8. The van der Waals surface area contributed by atoms with E-state index in [9.17, 15) is 0 Å². The molecular formula is C55H37NS. The van der Waals surface area contributed by atoms with E-state index < -0.39 is 5.41 Å². The standard InChI is InChI=1S/C55H37NS/c1-6-18-38(19-7-1)40-30-33-45(34-31-40)56(44-26-14-5-15-27-44)54-52-46-28-16-17-29-48(46)55(42-22-10-3-11-23-42,43-24-12-4-13-25-43)49(52)37-51-53(54)47-36-41(32-35-50(47)57-51)39-20-8-2-9-21-39/h1-37H. The number of thiophene rings is 1. The van der Waals surface area contributed by atoms with Crippen LogP contribution >= 0.6 is 11.3 Å². The molecule has 1 aromatic heterocycles. The summed E-state index contributed by atoms with van der Waals surface area (Å²) in [5.41, 5.74) is 15.4. The third kappa shape index (κ3) is 5.29. The van der Waals surface area contributed by atoms with Crippen LogP contribution in [0, 0.1) is 0 Å². The zero-order valence-electron chi connectivity index (χ0n) is 31.2. The normalized spacial score (nSPS) is 12.7. The van der Waals surface area contributed by atoms with E-state index in [-0.39, 0.29) is 0 Å². The van der Waals surface area contributed by atoms with Crippen LogP contribution in [0.25, 0.3) is 53.6 Å². The molecule has 2 heteroatoms. The Morgan fingerprint density at radius 1 is 0.368 bits per heavy atom. The van der Waals surface area contributed by atoms with Crippen LogP contribution in [0.1, 0.15) is 22.3 Å². The fourth-order valence-electron chi connectivity index (χ4n) is 9.28. The zero-order chi connectivity index (χ0) is 37.8. The van der Waals surface area contributed by atoms with Gasteiger partial charge in [0.05, 0.1) is 11.1 Å². The van der Waals surface area contributed by atoms with Crippen molar-refractivity contribution in [2.24, 2.45) is 0 Å². The highest BCUT2D eigenvalue weighted by Crippen LogP contribution is 2.62. The molecule has 1 heterocycles. The van der Waals surface area contributed by atoms with E-state index in [1.165, 1.54) is 81.5 Å². The van der Waals surface area contributed by atoms with Gasteiger partial charge in [-0.2, -0.15) is 0 Å². The van der Waals surface area contributed by atoms with Gasteiger partial charge in [-0.15, -0.1) is 11.3 Å². The predicted octanol–water partition coefficient (Wildman–Crippen LogP) is 15.2. The van der Waals surface area contributed by atoms with Crippen LogP contribution in [0.3, 0.4) is 0 Å². The lowest BCUT2D eigenvalue weighted by atomic mass is 9.67. The van der Waals surface area contributed by atoms with E-state index in [2.05, 4.69) is 229 Å². The van der Waals surface area contributed by atoms with Crippen molar-refractivity contribution < 1.29 is 0 Å². The van der Waals surface area contributed by atoms with Crippen molar-refractivity contribution in [2.45, 2.75) is 5.41 Å². The highest BCUT2D eigenvalue weighted by Gasteiger charge is 2.48. The molecule has 0 spiro atoms. The molecule has 10 aromatic rings. The Morgan fingerprint density at radius 3 is 1.49 bits per heavy atom. The number of rotatable bonds is 7. The van der Waals surface area contributed by atoms with Gasteiger partial charge in [-0.3, -0.25) is 0 Å². The highest BCUT2D eigenvalue weighted by molar-refractivity contribution is 7.26. The monoisotopic (exact) mass is 743 g/mol. The molecule has 268 valence electrons. The van der Waals surface area contributed by atoms with E-state index >= 15 is 0 Å². The lowest BCUT2D eigenvalue weighted by molar-refractivity contribution is 0.770. The molecule has 1 aliphatic rings. The lowest BCUT2D eigenvalue weighted by Crippen LogP contribution is -2.28. The van der Waals surface area contributed by atoms with Crippen LogP contribution in [0.5, 0.6) is 0 Å². The number of benzene rings is 9. The number of para-hydroxylation sites is 1. The molecule has 0 atom stereocenters. The number of nitrogens with zero attached hydrogens (tertiary/aromatic N) is 1.